The number of nitrogens with one attached hydrogen (secondary N) is 1. The smallest absolute Gasteiger partial charge is 0.257 e. The molecule has 0 saturated carbocycles. The van der Waals surface area contributed by atoms with Gasteiger partial charge in [0, 0.05) is 16.8 Å². The van der Waals surface area contributed by atoms with E-state index in [0.717, 1.165) is 0 Å². The summed E-state index contributed by atoms with van der Waals surface area (Å²) in [6, 6.07) is 11.9. The molecule has 0 aliphatic carbocycles. The predicted octanol–water partition coefficient (Wildman–Crippen LogP) is 4.64. The van der Waals surface area contributed by atoms with Crippen molar-refractivity contribution < 1.29 is 9.53 Å². The number of anilines is 1. The van der Waals surface area contributed by atoms with E-state index in [1.165, 1.54) is 6.07 Å². The van der Waals surface area contributed by atoms with Gasteiger partial charge in [-0.25, -0.2) is 0 Å². The van der Waals surface area contributed by atoms with Crippen LogP contribution in [0.25, 0.3) is 0 Å². The summed E-state index contributed by atoms with van der Waals surface area (Å²) in [5.41, 5.74) is 1.02. The fourth-order valence-corrected chi connectivity index (χ4v) is 2.20. The molecule has 0 aliphatic rings. The van der Waals surface area contributed by atoms with Gasteiger partial charge in [0.05, 0.1) is 17.2 Å². The zero-order valence-corrected chi connectivity index (χ0v) is 12.3. The first kappa shape index (κ1) is 14.7. The summed E-state index contributed by atoms with van der Waals surface area (Å²) in [6.07, 6.45) is 0. The number of benzene rings is 2. The van der Waals surface area contributed by atoms with E-state index in [-0.39, 0.29) is 5.91 Å². The zero-order chi connectivity index (χ0) is 14.5. The van der Waals surface area contributed by atoms with Gasteiger partial charge in [0.2, 0.25) is 0 Å². The van der Waals surface area contributed by atoms with Crippen LogP contribution in [0.15, 0.2) is 42.5 Å². The molecule has 0 radical (unpaired) electrons. The van der Waals surface area contributed by atoms with Gasteiger partial charge >= 0.3 is 0 Å². The third kappa shape index (κ3) is 3.65. The molecule has 2 aromatic rings. The Bertz CT molecular complexity index is 629. The molecule has 5 heteroatoms. The van der Waals surface area contributed by atoms with E-state index in [4.69, 9.17) is 27.9 Å². The molecule has 0 unspecified atom stereocenters. The van der Waals surface area contributed by atoms with Crippen molar-refractivity contribution in [3.63, 3.8) is 0 Å². The predicted molar refractivity (Wildman–Crippen MR) is 82.0 cm³/mol. The highest BCUT2D eigenvalue weighted by atomic mass is 35.5. The molecular weight excluding hydrogens is 297 g/mol. The Morgan fingerprint density at radius 1 is 1.20 bits per heavy atom. The second kappa shape index (κ2) is 6.64. The number of hydrogen-bond donors (Lipinski definition) is 1. The van der Waals surface area contributed by atoms with Gasteiger partial charge in [-0.15, -0.1) is 0 Å². The van der Waals surface area contributed by atoms with Crippen molar-refractivity contribution in [2.24, 2.45) is 0 Å². The fourth-order valence-electron chi connectivity index (χ4n) is 1.70. The summed E-state index contributed by atoms with van der Waals surface area (Å²) in [7, 11) is 0. The lowest BCUT2D eigenvalue weighted by Gasteiger charge is -2.09. The highest BCUT2D eigenvalue weighted by molar-refractivity contribution is 6.37. The summed E-state index contributed by atoms with van der Waals surface area (Å²) >= 11 is 11.8. The van der Waals surface area contributed by atoms with E-state index in [2.05, 4.69) is 5.32 Å². The van der Waals surface area contributed by atoms with Gasteiger partial charge < -0.3 is 10.1 Å². The quantitative estimate of drug-likeness (QED) is 0.893. The van der Waals surface area contributed by atoms with Gasteiger partial charge in [0.15, 0.2) is 0 Å². The highest BCUT2D eigenvalue weighted by Crippen LogP contribution is 2.23. The molecule has 0 bridgehead atoms. The largest absolute Gasteiger partial charge is 0.494 e. The topological polar surface area (TPSA) is 38.3 Å². The lowest BCUT2D eigenvalue weighted by Crippen LogP contribution is -2.12. The molecule has 0 spiro atoms. The molecule has 0 atom stereocenters. The molecule has 0 heterocycles. The number of ether oxygens (including phenoxy) is 1. The van der Waals surface area contributed by atoms with Crippen molar-refractivity contribution in [1.82, 2.24) is 0 Å². The van der Waals surface area contributed by atoms with Gasteiger partial charge in [-0.05, 0) is 37.3 Å². The van der Waals surface area contributed by atoms with Crippen molar-refractivity contribution >= 4 is 34.8 Å². The standard InChI is InChI=1S/C15H13Cl2NO2/c1-2-20-12-5-3-4-11(9-12)18-15(19)13-7-6-10(16)8-14(13)17/h3-9H,2H2,1H3,(H,18,19). The van der Waals surface area contributed by atoms with Gasteiger partial charge in [0.1, 0.15) is 5.75 Å². The Balaban J connectivity index is 2.17. The lowest BCUT2D eigenvalue weighted by atomic mass is 10.2. The third-order valence-electron chi connectivity index (χ3n) is 2.58. The van der Waals surface area contributed by atoms with Gasteiger partial charge in [-0.2, -0.15) is 0 Å². The maximum atomic E-state index is 12.1. The Morgan fingerprint density at radius 2 is 2.00 bits per heavy atom. The molecule has 20 heavy (non-hydrogen) atoms. The van der Waals surface area contributed by atoms with Crippen molar-refractivity contribution in [2.45, 2.75) is 6.92 Å². The van der Waals surface area contributed by atoms with Crippen molar-refractivity contribution in [3.8, 4) is 5.75 Å². The van der Waals surface area contributed by atoms with Crippen molar-refractivity contribution in [1.29, 1.82) is 0 Å². The number of hydrogen-bond acceptors (Lipinski definition) is 2. The fraction of sp³-hybridized carbons (Fsp3) is 0.133. The number of rotatable bonds is 4. The van der Waals surface area contributed by atoms with E-state index in [9.17, 15) is 4.79 Å². The summed E-state index contributed by atoms with van der Waals surface area (Å²) in [5.74, 6) is 0.410. The molecule has 1 amide bonds. The van der Waals surface area contributed by atoms with E-state index < -0.39 is 0 Å². The molecule has 0 saturated heterocycles. The lowest BCUT2D eigenvalue weighted by molar-refractivity contribution is 0.102. The zero-order valence-electron chi connectivity index (χ0n) is 10.8. The number of amides is 1. The van der Waals surface area contributed by atoms with Crippen LogP contribution in [0, 0.1) is 0 Å². The summed E-state index contributed by atoms with van der Waals surface area (Å²) in [6.45, 7) is 2.47. The molecule has 0 aliphatic heterocycles. The highest BCUT2D eigenvalue weighted by Gasteiger charge is 2.11. The third-order valence-corrected chi connectivity index (χ3v) is 3.13. The van der Waals surface area contributed by atoms with Crippen LogP contribution in [0.1, 0.15) is 17.3 Å². The van der Waals surface area contributed by atoms with E-state index >= 15 is 0 Å². The summed E-state index contributed by atoms with van der Waals surface area (Å²) < 4.78 is 5.38. The molecule has 3 nitrogen and oxygen atoms in total. The van der Waals surface area contributed by atoms with Crippen molar-refractivity contribution in [3.05, 3.63) is 58.1 Å². The molecule has 0 aromatic heterocycles. The normalized spacial score (nSPS) is 10.2. The molecule has 104 valence electrons. The van der Waals surface area contributed by atoms with Crippen LogP contribution < -0.4 is 10.1 Å². The Morgan fingerprint density at radius 3 is 2.70 bits per heavy atom. The minimum atomic E-state index is -0.291. The first-order chi connectivity index (χ1) is 9.60. The van der Waals surface area contributed by atoms with Gasteiger partial charge in [-0.3, -0.25) is 4.79 Å². The molecule has 1 N–H and O–H groups in total. The first-order valence-electron chi connectivity index (χ1n) is 6.09. The Labute approximate surface area is 127 Å². The molecular formula is C15H13Cl2NO2. The monoisotopic (exact) mass is 309 g/mol. The van der Waals surface area contributed by atoms with Crippen LogP contribution in [0.2, 0.25) is 10.0 Å². The maximum Gasteiger partial charge on any atom is 0.257 e. The minimum absolute atomic E-state index is 0.291. The maximum absolute atomic E-state index is 12.1. The van der Waals surface area contributed by atoms with Crippen LogP contribution >= 0.6 is 23.2 Å². The van der Waals surface area contributed by atoms with Crippen LogP contribution in [0.4, 0.5) is 5.69 Å². The number of carbonyl (C=O) groups is 1. The average molecular weight is 310 g/mol. The molecule has 2 aromatic carbocycles. The minimum Gasteiger partial charge on any atom is -0.494 e. The number of halogens is 2. The average Bonchev–Trinajstić information content (AvgIpc) is 2.39. The number of carbonyl (C=O) groups excluding carboxylic acids is 1. The SMILES string of the molecule is CCOc1cccc(NC(=O)c2ccc(Cl)cc2Cl)c1. The van der Waals surface area contributed by atoms with Gasteiger partial charge in [-0.1, -0.05) is 29.3 Å². The summed E-state index contributed by atoms with van der Waals surface area (Å²) in [5, 5.41) is 3.58. The first-order valence-corrected chi connectivity index (χ1v) is 6.85. The van der Waals surface area contributed by atoms with E-state index in [1.807, 2.05) is 19.1 Å². The van der Waals surface area contributed by atoms with Crippen LogP contribution in [0.3, 0.4) is 0 Å². The summed E-state index contributed by atoms with van der Waals surface area (Å²) in [4.78, 5) is 12.1. The Hall–Kier alpha value is -1.71. The van der Waals surface area contributed by atoms with Crippen molar-refractivity contribution in [2.75, 3.05) is 11.9 Å². The Kier molecular flexibility index (Phi) is 4.88. The molecule has 0 fully saturated rings. The van der Waals surface area contributed by atoms with Crippen LogP contribution in [-0.2, 0) is 0 Å². The van der Waals surface area contributed by atoms with Crippen LogP contribution in [0.5, 0.6) is 5.75 Å². The molecule has 2 rings (SSSR count). The van der Waals surface area contributed by atoms with Gasteiger partial charge in [0.25, 0.3) is 5.91 Å². The second-order valence-electron chi connectivity index (χ2n) is 4.04. The van der Waals surface area contributed by atoms with E-state index in [1.54, 1.807) is 24.3 Å². The van der Waals surface area contributed by atoms with Crippen LogP contribution in [-0.4, -0.2) is 12.5 Å². The van der Waals surface area contributed by atoms with E-state index in [0.29, 0.717) is 33.7 Å². The second-order valence-corrected chi connectivity index (χ2v) is 4.88.